The van der Waals surface area contributed by atoms with Crippen LogP contribution in [0.25, 0.3) is 0 Å². The number of hydrogen-bond donors (Lipinski definition) is 2. The molecule has 0 unspecified atom stereocenters. The number of rotatable bonds is 1. The number of nitrogens with two attached hydrogens (primary N) is 1. The van der Waals surface area contributed by atoms with Crippen LogP contribution in [-0.2, 0) is 4.74 Å². The molecule has 2 bridgehead atoms. The molecule has 0 radical (unpaired) electrons. The van der Waals surface area contributed by atoms with Gasteiger partial charge in [-0.1, -0.05) is 0 Å². The third kappa shape index (κ3) is 4.25. The first-order chi connectivity index (χ1) is 8.22. The molecule has 0 aromatic heterocycles. The average Bonchev–Trinajstić information content (AvgIpc) is 2.44. The van der Waals surface area contributed by atoms with Crippen LogP contribution in [-0.4, -0.2) is 22.8 Å². The fourth-order valence-electron chi connectivity index (χ4n) is 3.21. The van der Waals surface area contributed by atoms with Gasteiger partial charge in [-0.2, -0.15) is 0 Å². The SMILES string of the molecule is CC(C)(C)OC(=O)NC12CCCC(N)(CC1)CC2.Cl. The van der Waals surface area contributed by atoms with Gasteiger partial charge in [0, 0.05) is 11.1 Å². The Balaban J connectivity index is 0.00000180. The summed E-state index contributed by atoms with van der Waals surface area (Å²) in [6, 6.07) is 0. The predicted octanol–water partition coefficient (Wildman–Crippen LogP) is 3.13. The van der Waals surface area contributed by atoms with Gasteiger partial charge >= 0.3 is 6.09 Å². The van der Waals surface area contributed by atoms with E-state index in [0.717, 1.165) is 44.9 Å². The normalized spacial score (nSPS) is 34.1. The fourth-order valence-corrected chi connectivity index (χ4v) is 3.21. The van der Waals surface area contributed by atoms with Crippen LogP contribution in [0.1, 0.15) is 65.7 Å². The molecule has 112 valence electrons. The van der Waals surface area contributed by atoms with Crippen molar-refractivity contribution in [1.29, 1.82) is 0 Å². The number of fused-ring (bicyclic) bond motifs is 4. The topological polar surface area (TPSA) is 64.3 Å². The zero-order valence-corrected chi connectivity index (χ0v) is 13.1. The minimum atomic E-state index is -0.433. The molecule has 0 heterocycles. The summed E-state index contributed by atoms with van der Waals surface area (Å²) in [6.07, 6.45) is 6.95. The highest BCUT2D eigenvalue weighted by atomic mass is 35.5. The van der Waals surface area contributed by atoms with Gasteiger partial charge in [0.25, 0.3) is 0 Å². The Morgan fingerprint density at radius 1 is 1.11 bits per heavy atom. The lowest BCUT2D eigenvalue weighted by Crippen LogP contribution is -2.54. The van der Waals surface area contributed by atoms with Gasteiger partial charge in [-0.25, -0.2) is 4.79 Å². The number of hydrogen-bond acceptors (Lipinski definition) is 3. The van der Waals surface area contributed by atoms with Gasteiger partial charge in [-0.3, -0.25) is 0 Å². The van der Waals surface area contributed by atoms with Gasteiger partial charge in [0.15, 0.2) is 0 Å². The molecule has 3 fully saturated rings. The van der Waals surface area contributed by atoms with Crippen LogP contribution >= 0.6 is 12.4 Å². The molecular weight excluding hydrogens is 264 g/mol. The molecule has 0 aromatic carbocycles. The van der Waals surface area contributed by atoms with Gasteiger partial charge in [0.1, 0.15) is 5.60 Å². The third-order valence-electron chi connectivity index (χ3n) is 4.30. The van der Waals surface area contributed by atoms with Crippen LogP contribution in [0, 0.1) is 0 Å². The van der Waals surface area contributed by atoms with Crippen LogP contribution < -0.4 is 11.1 Å². The molecular formula is C14H27ClN2O2. The first-order valence-electron chi connectivity index (χ1n) is 7.02. The first kappa shape index (κ1) is 16.6. The summed E-state index contributed by atoms with van der Waals surface area (Å²) in [5, 5.41) is 3.12. The quantitative estimate of drug-likeness (QED) is 0.780. The van der Waals surface area contributed by atoms with E-state index in [-0.39, 0.29) is 29.6 Å². The Morgan fingerprint density at radius 3 is 2.21 bits per heavy atom. The van der Waals surface area contributed by atoms with Crippen LogP contribution in [0.5, 0.6) is 0 Å². The van der Waals surface area contributed by atoms with Crippen molar-refractivity contribution in [3.05, 3.63) is 0 Å². The molecule has 19 heavy (non-hydrogen) atoms. The lowest BCUT2D eigenvalue weighted by Gasteiger charge is -2.41. The van der Waals surface area contributed by atoms with Crippen molar-refractivity contribution in [3.8, 4) is 0 Å². The Morgan fingerprint density at radius 2 is 1.68 bits per heavy atom. The third-order valence-corrected chi connectivity index (χ3v) is 4.30. The summed E-state index contributed by atoms with van der Waals surface area (Å²) in [5.74, 6) is 0. The van der Waals surface area contributed by atoms with Crippen molar-refractivity contribution in [2.45, 2.75) is 82.4 Å². The second-order valence-electron chi connectivity index (χ2n) is 7.12. The van der Waals surface area contributed by atoms with E-state index in [0.29, 0.717) is 0 Å². The molecule has 4 nitrogen and oxygen atoms in total. The predicted molar refractivity (Wildman–Crippen MR) is 78.6 cm³/mol. The van der Waals surface area contributed by atoms with E-state index in [2.05, 4.69) is 5.32 Å². The van der Waals surface area contributed by atoms with E-state index in [9.17, 15) is 4.79 Å². The Labute approximate surface area is 122 Å². The van der Waals surface area contributed by atoms with Crippen molar-refractivity contribution in [1.82, 2.24) is 5.32 Å². The van der Waals surface area contributed by atoms with Crippen LogP contribution in [0.2, 0.25) is 0 Å². The molecule has 1 amide bonds. The maximum atomic E-state index is 11.9. The second kappa shape index (κ2) is 5.49. The summed E-state index contributed by atoms with van der Waals surface area (Å²) in [7, 11) is 0. The van der Waals surface area contributed by atoms with E-state index in [1.807, 2.05) is 20.8 Å². The highest BCUT2D eigenvalue weighted by Crippen LogP contribution is 2.43. The number of amides is 1. The fraction of sp³-hybridized carbons (Fsp3) is 0.929. The van der Waals surface area contributed by atoms with E-state index in [4.69, 9.17) is 10.5 Å². The summed E-state index contributed by atoms with van der Waals surface area (Å²) in [4.78, 5) is 11.9. The van der Waals surface area contributed by atoms with Crippen molar-refractivity contribution in [2.24, 2.45) is 5.73 Å². The van der Waals surface area contributed by atoms with Crippen LogP contribution in [0.15, 0.2) is 0 Å². The second-order valence-corrected chi connectivity index (χ2v) is 7.12. The number of carbonyl (C=O) groups excluding carboxylic acids is 1. The lowest BCUT2D eigenvalue weighted by atomic mass is 9.74. The summed E-state index contributed by atoms with van der Waals surface area (Å²) in [5.41, 5.74) is 5.87. The highest BCUT2D eigenvalue weighted by Gasteiger charge is 2.44. The van der Waals surface area contributed by atoms with Crippen molar-refractivity contribution in [2.75, 3.05) is 0 Å². The van der Waals surface area contributed by atoms with Crippen molar-refractivity contribution in [3.63, 3.8) is 0 Å². The molecule has 0 aromatic rings. The van der Waals surface area contributed by atoms with Crippen molar-refractivity contribution >= 4 is 18.5 Å². The summed E-state index contributed by atoms with van der Waals surface area (Å²) >= 11 is 0. The Kier molecular flexibility index (Phi) is 4.79. The molecule has 0 atom stereocenters. The number of carbonyl (C=O) groups is 1. The maximum absolute atomic E-state index is 11.9. The number of ether oxygens (including phenoxy) is 1. The van der Waals surface area contributed by atoms with E-state index < -0.39 is 5.60 Å². The Hall–Kier alpha value is -0.480. The minimum Gasteiger partial charge on any atom is -0.444 e. The van der Waals surface area contributed by atoms with Gasteiger partial charge in [-0.15, -0.1) is 12.4 Å². The van der Waals surface area contributed by atoms with Gasteiger partial charge in [0.2, 0.25) is 0 Å². The highest BCUT2D eigenvalue weighted by molar-refractivity contribution is 5.85. The standard InChI is InChI=1S/C14H26N2O2.ClH/c1-12(2,3)18-11(17)16-14-6-4-5-13(15,7-9-14)8-10-14;/h4-10,15H2,1-3H3,(H,16,17);1H. The molecule has 3 rings (SSSR count). The van der Waals surface area contributed by atoms with Crippen LogP contribution in [0.4, 0.5) is 4.79 Å². The van der Waals surface area contributed by atoms with E-state index >= 15 is 0 Å². The number of alkyl carbamates (subject to hydrolysis) is 1. The molecule has 0 aliphatic heterocycles. The maximum Gasteiger partial charge on any atom is 0.408 e. The molecule has 3 aliphatic carbocycles. The molecule has 0 spiro atoms. The molecule has 3 saturated carbocycles. The molecule has 3 N–H and O–H groups in total. The zero-order chi connectivity index (χ0) is 13.4. The minimum absolute atomic E-state index is 0. The van der Waals surface area contributed by atoms with Gasteiger partial charge < -0.3 is 15.8 Å². The van der Waals surface area contributed by atoms with E-state index in [1.54, 1.807) is 0 Å². The van der Waals surface area contributed by atoms with E-state index in [1.165, 1.54) is 0 Å². The monoisotopic (exact) mass is 290 g/mol. The summed E-state index contributed by atoms with van der Waals surface area (Å²) in [6.45, 7) is 5.68. The molecule has 5 heteroatoms. The molecule has 3 aliphatic rings. The summed E-state index contributed by atoms with van der Waals surface area (Å²) < 4.78 is 5.37. The lowest BCUT2D eigenvalue weighted by molar-refractivity contribution is 0.0411. The van der Waals surface area contributed by atoms with Crippen molar-refractivity contribution < 1.29 is 9.53 Å². The molecule has 0 saturated heterocycles. The zero-order valence-electron chi connectivity index (χ0n) is 12.3. The van der Waals surface area contributed by atoms with Gasteiger partial charge in [-0.05, 0) is 65.7 Å². The smallest absolute Gasteiger partial charge is 0.408 e. The largest absolute Gasteiger partial charge is 0.444 e. The van der Waals surface area contributed by atoms with Crippen LogP contribution in [0.3, 0.4) is 0 Å². The first-order valence-corrected chi connectivity index (χ1v) is 7.02. The number of nitrogens with one attached hydrogen (secondary N) is 1. The Bertz CT molecular complexity index is 331. The van der Waals surface area contributed by atoms with Gasteiger partial charge in [0.05, 0.1) is 0 Å². The number of halogens is 1. The average molecular weight is 291 g/mol.